The second-order valence-electron chi connectivity index (χ2n) is 4.68. The number of hydrogen-bond acceptors (Lipinski definition) is 3. The van der Waals surface area contributed by atoms with Gasteiger partial charge in [0.15, 0.2) is 0 Å². The van der Waals surface area contributed by atoms with E-state index < -0.39 is 0 Å². The van der Waals surface area contributed by atoms with E-state index in [1.807, 2.05) is 0 Å². The van der Waals surface area contributed by atoms with Crippen LogP contribution < -0.4 is 0 Å². The first-order valence-electron chi connectivity index (χ1n) is 7.26. The summed E-state index contributed by atoms with van der Waals surface area (Å²) in [5.41, 5.74) is 0. The molecule has 106 valence electrons. The Balaban J connectivity index is 3.22. The van der Waals surface area contributed by atoms with Gasteiger partial charge in [-0.2, -0.15) is 0 Å². The molecule has 3 heteroatoms. The minimum atomic E-state index is -0.339. The molecule has 0 rings (SSSR count). The Morgan fingerprint density at radius 3 is 2.00 bits per heavy atom. The second kappa shape index (κ2) is 12.5. The van der Waals surface area contributed by atoms with E-state index >= 15 is 0 Å². The number of allylic oxidation sites excluding steroid dienone is 1. The third kappa shape index (κ3) is 11.5. The number of hydrogen-bond donors (Lipinski definition) is 1. The molecule has 0 aliphatic rings. The van der Waals surface area contributed by atoms with E-state index in [9.17, 15) is 4.79 Å². The fraction of sp³-hybridized carbons (Fsp3) is 0.800. The molecule has 0 heterocycles. The summed E-state index contributed by atoms with van der Waals surface area (Å²) in [4.78, 5) is 11.2. The summed E-state index contributed by atoms with van der Waals surface area (Å²) in [6.07, 6.45) is 12.8. The van der Waals surface area contributed by atoms with Crippen molar-refractivity contribution in [2.75, 3.05) is 0 Å². The zero-order chi connectivity index (χ0) is 13.6. The monoisotopic (exact) mass is 256 g/mol. The fourth-order valence-electron chi connectivity index (χ4n) is 1.81. The lowest BCUT2D eigenvalue weighted by molar-refractivity contribution is -0.143. The van der Waals surface area contributed by atoms with Crippen molar-refractivity contribution in [1.82, 2.24) is 0 Å². The van der Waals surface area contributed by atoms with Crippen molar-refractivity contribution < 1.29 is 14.6 Å². The molecule has 0 aliphatic heterocycles. The van der Waals surface area contributed by atoms with E-state index in [1.165, 1.54) is 51.0 Å². The average molecular weight is 256 g/mol. The summed E-state index contributed by atoms with van der Waals surface area (Å²) in [6, 6.07) is 0. The Kier molecular flexibility index (Phi) is 11.8. The highest BCUT2D eigenvalue weighted by atomic mass is 16.6. The number of aliphatic hydroxyl groups excluding tert-OH is 1. The highest BCUT2D eigenvalue weighted by Gasteiger charge is 2.04. The van der Waals surface area contributed by atoms with E-state index in [0.29, 0.717) is 6.42 Å². The highest BCUT2D eigenvalue weighted by molar-refractivity contribution is 5.70. The van der Waals surface area contributed by atoms with Gasteiger partial charge in [0, 0.05) is 6.42 Å². The maximum Gasteiger partial charge on any atom is 0.313 e. The van der Waals surface area contributed by atoms with Crippen LogP contribution >= 0.6 is 0 Å². The van der Waals surface area contributed by atoms with Crippen molar-refractivity contribution in [3.05, 3.63) is 12.0 Å². The standard InChI is InChI=1S/C15H28O3/c1-3-5-6-7-8-9-10-11-12-13-15(17)18-14(16)4-2/h4,16H,3,5-13H2,1-2H3/b14-4+. The summed E-state index contributed by atoms with van der Waals surface area (Å²) in [5, 5.41) is 8.99. The van der Waals surface area contributed by atoms with Crippen molar-refractivity contribution >= 4 is 5.97 Å². The Morgan fingerprint density at radius 2 is 1.50 bits per heavy atom. The van der Waals surface area contributed by atoms with Crippen LogP contribution in [0.3, 0.4) is 0 Å². The third-order valence-electron chi connectivity index (χ3n) is 2.95. The van der Waals surface area contributed by atoms with Gasteiger partial charge >= 0.3 is 5.97 Å². The van der Waals surface area contributed by atoms with Crippen molar-refractivity contribution in [1.29, 1.82) is 0 Å². The highest BCUT2D eigenvalue weighted by Crippen LogP contribution is 2.11. The molecule has 0 aromatic heterocycles. The van der Waals surface area contributed by atoms with Crippen LogP contribution in [0.1, 0.15) is 78.1 Å². The molecule has 0 bridgehead atoms. The van der Waals surface area contributed by atoms with Crippen molar-refractivity contribution in [2.24, 2.45) is 0 Å². The molecule has 0 aromatic rings. The summed E-state index contributed by atoms with van der Waals surface area (Å²) >= 11 is 0. The van der Waals surface area contributed by atoms with Gasteiger partial charge in [0.25, 0.3) is 5.95 Å². The van der Waals surface area contributed by atoms with Crippen LogP contribution in [-0.4, -0.2) is 11.1 Å². The van der Waals surface area contributed by atoms with Crippen molar-refractivity contribution in [3.8, 4) is 0 Å². The molecule has 1 N–H and O–H groups in total. The molecular weight excluding hydrogens is 228 g/mol. The predicted molar refractivity (Wildman–Crippen MR) is 74.3 cm³/mol. The van der Waals surface area contributed by atoms with Crippen molar-refractivity contribution in [2.45, 2.75) is 78.1 Å². The van der Waals surface area contributed by atoms with E-state index in [1.54, 1.807) is 6.92 Å². The number of carbonyl (C=O) groups excluding carboxylic acids is 1. The number of carbonyl (C=O) groups is 1. The Labute approximate surface area is 111 Å². The zero-order valence-corrected chi connectivity index (χ0v) is 11.9. The molecule has 0 radical (unpaired) electrons. The van der Waals surface area contributed by atoms with Gasteiger partial charge in [0.05, 0.1) is 0 Å². The SMILES string of the molecule is C/C=C(\O)OC(=O)CCCCCCCCCCC. The number of ether oxygens (including phenoxy) is 1. The van der Waals surface area contributed by atoms with Gasteiger partial charge in [-0.3, -0.25) is 4.79 Å². The molecule has 0 atom stereocenters. The molecule has 0 amide bonds. The first kappa shape index (κ1) is 17.0. The van der Waals surface area contributed by atoms with Crippen LogP contribution in [0, 0.1) is 0 Å². The lowest BCUT2D eigenvalue weighted by Crippen LogP contribution is -2.03. The van der Waals surface area contributed by atoms with Gasteiger partial charge in [-0.05, 0) is 19.4 Å². The number of unbranched alkanes of at least 4 members (excludes halogenated alkanes) is 8. The largest absolute Gasteiger partial charge is 0.481 e. The summed E-state index contributed by atoms with van der Waals surface area (Å²) in [6.45, 7) is 3.85. The summed E-state index contributed by atoms with van der Waals surface area (Å²) in [5.74, 6) is -0.635. The lowest BCUT2D eigenvalue weighted by atomic mass is 10.1. The summed E-state index contributed by atoms with van der Waals surface area (Å²) < 4.78 is 4.65. The van der Waals surface area contributed by atoms with E-state index in [4.69, 9.17) is 5.11 Å². The van der Waals surface area contributed by atoms with Crippen LogP contribution in [0.5, 0.6) is 0 Å². The zero-order valence-electron chi connectivity index (χ0n) is 11.9. The van der Waals surface area contributed by atoms with Gasteiger partial charge in [-0.1, -0.05) is 58.3 Å². The molecule has 0 saturated heterocycles. The Hall–Kier alpha value is -0.990. The van der Waals surface area contributed by atoms with Crippen LogP contribution in [-0.2, 0) is 9.53 Å². The first-order chi connectivity index (χ1) is 8.70. The van der Waals surface area contributed by atoms with Crippen LogP contribution in [0.25, 0.3) is 0 Å². The van der Waals surface area contributed by atoms with E-state index in [-0.39, 0.29) is 11.9 Å². The minimum Gasteiger partial charge on any atom is -0.481 e. The minimum absolute atomic E-state index is 0.295. The Morgan fingerprint density at radius 1 is 1.00 bits per heavy atom. The van der Waals surface area contributed by atoms with Gasteiger partial charge < -0.3 is 9.84 Å². The van der Waals surface area contributed by atoms with Crippen LogP contribution in [0.15, 0.2) is 12.0 Å². The maximum absolute atomic E-state index is 11.2. The molecule has 0 unspecified atom stereocenters. The fourth-order valence-corrected chi connectivity index (χ4v) is 1.81. The molecule has 0 spiro atoms. The summed E-state index contributed by atoms with van der Waals surface area (Å²) in [7, 11) is 0. The third-order valence-corrected chi connectivity index (χ3v) is 2.95. The second-order valence-corrected chi connectivity index (χ2v) is 4.68. The molecule has 0 fully saturated rings. The Bertz CT molecular complexity index is 234. The normalized spacial score (nSPS) is 11.6. The predicted octanol–water partition coefficient (Wildman–Crippen LogP) is 4.87. The molecule has 0 aromatic carbocycles. The quantitative estimate of drug-likeness (QED) is 0.326. The van der Waals surface area contributed by atoms with E-state index in [2.05, 4.69) is 11.7 Å². The maximum atomic E-state index is 11.2. The molecule has 3 nitrogen and oxygen atoms in total. The molecular formula is C15H28O3. The topological polar surface area (TPSA) is 46.5 Å². The number of rotatable bonds is 11. The van der Waals surface area contributed by atoms with Crippen LogP contribution in [0.4, 0.5) is 0 Å². The molecule has 18 heavy (non-hydrogen) atoms. The van der Waals surface area contributed by atoms with Gasteiger partial charge in [0.1, 0.15) is 0 Å². The number of aliphatic hydroxyl groups is 1. The lowest BCUT2D eigenvalue weighted by Gasteiger charge is -2.03. The molecule has 0 aliphatic carbocycles. The average Bonchev–Trinajstić information content (AvgIpc) is 2.36. The van der Waals surface area contributed by atoms with Gasteiger partial charge in [-0.25, -0.2) is 0 Å². The smallest absolute Gasteiger partial charge is 0.313 e. The van der Waals surface area contributed by atoms with Gasteiger partial charge in [0.2, 0.25) is 0 Å². The number of esters is 1. The van der Waals surface area contributed by atoms with E-state index in [0.717, 1.165) is 12.8 Å². The van der Waals surface area contributed by atoms with Crippen molar-refractivity contribution in [3.63, 3.8) is 0 Å². The van der Waals surface area contributed by atoms with Gasteiger partial charge in [-0.15, -0.1) is 0 Å². The van der Waals surface area contributed by atoms with Crippen LogP contribution in [0.2, 0.25) is 0 Å². The first-order valence-corrected chi connectivity index (χ1v) is 7.26. The molecule has 0 saturated carbocycles.